The number of amides is 1. The Morgan fingerprint density at radius 2 is 1.89 bits per heavy atom. The Morgan fingerprint density at radius 3 is 2.54 bits per heavy atom. The zero-order valence-electron chi connectivity index (χ0n) is 20.0. The summed E-state index contributed by atoms with van der Waals surface area (Å²) in [5.41, 5.74) is -0.177. The second kappa shape index (κ2) is 8.89. The number of nitrogens with zero attached hydrogens (tertiary/aromatic N) is 3. The van der Waals surface area contributed by atoms with Gasteiger partial charge in [-0.15, -0.1) is 0 Å². The third kappa shape index (κ3) is 4.35. The van der Waals surface area contributed by atoms with Crippen molar-refractivity contribution in [2.75, 3.05) is 32.8 Å². The molecule has 2 saturated heterocycles. The number of carbonyl (C=O) groups is 2. The first-order chi connectivity index (χ1) is 16.6. The van der Waals surface area contributed by atoms with Crippen molar-refractivity contribution >= 4 is 11.9 Å². The first-order valence-corrected chi connectivity index (χ1v) is 12.2. The van der Waals surface area contributed by atoms with E-state index < -0.39 is 23.3 Å². The number of hydrogen-bond donors (Lipinski definition) is 0. The van der Waals surface area contributed by atoms with Gasteiger partial charge in [0, 0.05) is 81.7 Å². The molecule has 0 aromatic carbocycles. The molecule has 4 aliphatic heterocycles. The molecule has 0 saturated carbocycles. The van der Waals surface area contributed by atoms with Gasteiger partial charge in [-0.3, -0.25) is 14.7 Å². The average Bonchev–Trinajstić information content (AvgIpc) is 3.07. The van der Waals surface area contributed by atoms with Crippen molar-refractivity contribution in [3.8, 4) is 0 Å². The molecular weight excluding hydrogens is 463 g/mol. The van der Waals surface area contributed by atoms with Crippen LogP contribution in [-0.2, 0) is 31.8 Å². The fourth-order valence-electron chi connectivity index (χ4n) is 6.00. The zero-order valence-corrected chi connectivity index (χ0v) is 20.0. The van der Waals surface area contributed by atoms with Gasteiger partial charge in [0.25, 0.3) is 5.91 Å². The summed E-state index contributed by atoms with van der Waals surface area (Å²) < 4.78 is 51.1. The molecule has 190 valence electrons. The molecule has 7 nitrogen and oxygen atoms in total. The summed E-state index contributed by atoms with van der Waals surface area (Å²) in [6.07, 6.45) is -0.684. The molecule has 1 atom stereocenters. The number of ether oxygens (including phenoxy) is 2. The van der Waals surface area contributed by atoms with Crippen molar-refractivity contribution < 1.29 is 32.2 Å². The monoisotopic (exact) mass is 493 g/mol. The van der Waals surface area contributed by atoms with Crippen LogP contribution in [-0.4, -0.2) is 71.2 Å². The molecule has 0 aliphatic carbocycles. The van der Waals surface area contributed by atoms with E-state index in [1.165, 1.54) is 0 Å². The van der Waals surface area contributed by atoms with Gasteiger partial charge in [-0.05, 0) is 31.4 Å². The van der Waals surface area contributed by atoms with Crippen molar-refractivity contribution in [2.24, 2.45) is 0 Å². The highest BCUT2D eigenvalue weighted by Crippen LogP contribution is 2.43. The predicted molar refractivity (Wildman–Crippen MR) is 119 cm³/mol. The van der Waals surface area contributed by atoms with Gasteiger partial charge in [0.2, 0.25) is 0 Å². The van der Waals surface area contributed by atoms with Gasteiger partial charge in [0.1, 0.15) is 5.60 Å². The first kappa shape index (κ1) is 24.2. The molecule has 0 bridgehead atoms. The van der Waals surface area contributed by atoms with E-state index >= 15 is 0 Å². The molecule has 1 amide bonds. The number of piperidine rings is 1. The Bertz CT molecular complexity index is 1060. The summed E-state index contributed by atoms with van der Waals surface area (Å²) in [5, 5.41) is 0. The summed E-state index contributed by atoms with van der Waals surface area (Å²) in [6, 6.07) is 1.51. The number of fused-ring (bicyclic) bond motifs is 1. The van der Waals surface area contributed by atoms with E-state index in [0.29, 0.717) is 60.9 Å². The molecule has 4 aliphatic rings. The van der Waals surface area contributed by atoms with Crippen LogP contribution >= 0.6 is 0 Å². The molecule has 1 spiro atoms. The molecule has 5 heterocycles. The lowest BCUT2D eigenvalue weighted by Gasteiger charge is -2.44. The van der Waals surface area contributed by atoms with Crippen LogP contribution in [0.4, 0.5) is 13.2 Å². The third-order valence-electron chi connectivity index (χ3n) is 7.89. The van der Waals surface area contributed by atoms with Crippen LogP contribution in [0.1, 0.15) is 62.3 Å². The fourth-order valence-corrected chi connectivity index (χ4v) is 6.00. The van der Waals surface area contributed by atoms with Gasteiger partial charge in [-0.2, -0.15) is 13.2 Å². The lowest BCUT2D eigenvalue weighted by atomic mass is 9.81. The van der Waals surface area contributed by atoms with Gasteiger partial charge in [0.05, 0.1) is 11.1 Å². The highest BCUT2D eigenvalue weighted by molar-refractivity contribution is 6.07. The Kier molecular flexibility index (Phi) is 6.15. The molecule has 1 aromatic heterocycles. The second-order valence-corrected chi connectivity index (χ2v) is 10.1. The minimum atomic E-state index is -4.51. The molecule has 2 fully saturated rings. The number of hydrogen-bond acceptors (Lipinski definition) is 6. The molecule has 10 heteroatoms. The minimum absolute atomic E-state index is 0.0185. The van der Waals surface area contributed by atoms with E-state index in [-0.39, 0.29) is 18.4 Å². The number of halogens is 3. The van der Waals surface area contributed by atoms with E-state index in [0.717, 1.165) is 38.3 Å². The van der Waals surface area contributed by atoms with Crippen LogP contribution in [0.3, 0.4) is 0 Å². The molecule has 35 heavy (non-hydrogen) atoms. The Balaban J connectivity index is 1.37. The van der Waals surface area contributed by atoms with Crippen molar-refractivity contribution in [3.05, 3.63) is 40.2 Å². The maximum absolute atomic E-state index is 13.8. The SMILES string of the molecule is CC1=C(C(=O)N2Cc3cc(C(F)(F)F)cnc3C(C)C2)C2(CCN(C3CCOCC3)CC2)OC1=O. The van der Waals surface area contributed by atoms with Crippen LogP contribution in [0.2, 0.25) is 0 Å². The van der Waals surface area contributed by atoms with Crippen LogP contribution < -0.4 is 0 Å². The van der Waals surface area contributed by atoms with Gasteiger partial charge in [0.15, 0.2) is 0 Å². The lowest BCUT2D eigenvalue weighted by Crippen LogP contribution is -2.53. The van der Waals surface area contributed by atoms with Crippen LogP contribution in [0.5, 0.6) is 0 Å². The van der Waals surface area contributed by atoms with Gasteiger partial charge in [-0.1, -0.05) is 6.92 Å². The average molecular weight is 494 g/mol. The summed E-state index contributed by atoms with van der Waals surface area (Å²) in [4.78, 5) is 34.4. The van der Waals surface area contributed by atoms with E-state index in [9.17, 15) is 22.8 Å². The van der Waals surface area contributed by atoms with Crippen molar-refractivity contribution in [1.29, 1.82) is 0 Å². The molecule has 0 radical (unpaired) electrons. The van der Waals surface area contributed by atoms with E-state index in [4.69, 9.17) is 9.47 Å². The van der Waals surface area contributed by atoms with E-state index in [1.54, 1.807) is 11.8 Å². The Labute approximate surface area is 202 Å². The Morgan fingerprint density at radius 1 is 1.20 bits per heavy atom. The zero-order chi connectivity index (χ0) is 25.0. The van der Waals surface area contributed by atoms with Crippen molar-refractivity contribution in [1.82, 2.24) is 14.8 Å². The highest BCUT2D eigenvalue weighted by Gasteiger charge is 2.52. The van der Waals surface area contributed by atoms with Crippen LogP contribution in [0.25, 0.3) is 0 Å². The number of pyridine rings is 1. The highest BCUT2D eigenvalue weighted by atomic mass is 19.4. The quantitative estimate of drug-likeness (QED) is 0.588. The van der Waals surface area contributed by atoms with E-state index in [2.05, 4.69) is 9.88 Å². The molecule has 0 N–H and O–H groups in total. The third-order valence-corrected chi connectivity index (χ3v) is 7.89. The molecule has 1 unspecified atom stereocenters. The first-order valence-electron chi connectivity index (χ1n) is 12.2. The van der Waals surface area contributed by atoms with Gasteiger partial charge in [-0.25, -0.2) is 4.79 Å². The normalized spacial score (nSPS) is 25.7. The maximum atomic E-state index is 13.8. The van der Waals surface area contributed by atoms with Crippen molar-refractivity contribution in [3.63, 3.8) is 0 Å². The molecule has 1 aromatic rings. The number of esters is 1. The second-order valence-electron chi connectivity index (χ2n) is 10.1. The smallest absolute Gasteiger partial charge is 0.417 e. The summed E-state index contributed by atoms with van der Waals surface area (Å²) in [7, 11) is 0. The number of rotatable bonds is 2. The predicted octanol–water partition coefficient (Wildman–Crippen LogP) is 3.43. The van der Waals surface area contributed by atoms with Crippen molar-refractivity contribution in [2.45, 2.75) is 69.8 Å². The number of carbonyl (C=O) groups excluding carboxylic acids is 2. The van der Waals surface area contributed by atoms with Crippen LogP contribution in [0, 0.1) is 0 Å². The molecule has 5 rings (SSSR count). The van der Waals surface area contributed by atoms with Gasteiger partial charge >= 0.3 is 12.1 Å². The van der Waals surface area contributed by atoms with Gasteiger partial charge < -0.3 is 14.4 Å². The number of alkyl halides is 3. The lowest BCUT2D eigenvalue weighted by molar-refractivity contribution is -0.152. The fraction of sp³-hybridized carbons (Fsp3) is 0.640. The van der Waals surface area contributed by atoms with E-state index in [1.807, 2.05) is 6.92 Å². The molecular formula is C25H30F3N3O4. The minimum Gasteiger partial charge on any atom is -0.450 e. The standard InChI is InChI=1S/C25H30F3N3O4/c1-15-13-31(14-17-11-18(25(26,27)28)12-29-21(15)17)22(32)20-16(2)23(33)35-24(20)5-7-30(8-6-24)19-3-9-34-10-4-19/h11-12,15,19H,3-10,13-14H2,1-2H3. The maximum Gasteiger partial charge on any atom is 0.417 e. The Hall–Kier alpha value is -2.46. The number of aromatic nitrogens is 1. The largest absolute Gasteiger partial charge is 0.450 e. The van der Waals surface area contributed by atoms with Crippen LogP contribution in [0.15, 0.2) is 23.4 Å². The summed E-state index contributed by atoms with van der Waals surface area (Å²) in [6.45, 7) is 6.69. The topological polar surface area (TPSA) is 72.0 Å². The summed E-state index contributed by atoms with van der Waals surface area (Å²) in [5.74, 6) is -1.04. The number of likely N-dealkylation sites (tertiary alicyclic amines) is 1. The summed E-state index contributed by atoms with van der Waals surface area (Å²) >= 11 is 0.